The normalized spacial score (nSPS) is 11.4. The van der Waals surface area contributed by atoms with E-state index in [0.29, 0.717) is 0 Å². The van der Waals surface area contributed by atoms with Crippen molar-refractivity contribution in [3.8, 4) is 0 Å². The lowest BCUT2D eigenvalue weighted by Gasteiger charge is -2.11. The smallest absolute Gasteiger partial charge is 0.338 e. The second-order valence-electron chi connectivity index (χ2n) is 3.16. The zero-order chi connectivity index (χ0) is 13.1. The fraction of sp³-hybridized carbons (Fsp3) is 0.300. The van der Waals surface area contributed by atoms with E-state index < -0.39 is 28.8 Å². The largest absolute Gasteiger partial charge is 0.458 e. The number of hydrogen-bond donors (Lipinski definition) is 1. The summed E-state index contributed by atoms with van der Waals surface area (Å²) in [6, 6.07) is 3.54. The first-order chi connectivity index (χ1) is 7.83. The fourth-order valence-electron chi connectivity index (χ4n) is 1.03. The molecule has 0 amide bonds. The van der Waals surface area contributed by atoms with E-state index in [0.717, 1.165) is 6.07 Å². The molecular weight excluding hydrogens is 293 g/mol. The number of carbonyl (C=O) groups is 1. The molecule has 0 aromatic heterocycles. The van der Waals surface area contributed by atoms with Gasteiger partial charge >= 0.3 is 5.97 Å². The van der Waals surface area contributed by atoms with Crippen LogP contribution in [0, 0.1) is 5.82 Å². The summed E-state index contributed by atoms with van der Waals surface area (Å²) in [7, 11) is 0. The predicted octanol–water partition coefficient (Wildman–Crippen LogP) is 2.85. The van der Waals surface area contributed by atoms with Crippen LogP contribution in [0.25, 0.3) is 0 Å². The number of aliphatic hydroxyl groups is 1. The predicted molar refractivity (Wildman–Crippen MR) is 62.9 cm³/mol. The molecule has 0 aliphatic heterocycles. The maximum Gasteiger partial charge on any atom is 0.338 e. The van der Waals surface area contributed by atoms with Crippen molar-refractivity contribution in [2.45, 2.75) is 10.4 Å². The Morgan fingerprint density at radius 1 is 1.41 bits per heavy atom. The van der Waals surface area contributed by atoms with E-state index in [1.807, 2.05) is 0 Å². The fourth-order valence-corrected chi connectivity index (χ4v) is 1.20. The lowest BCUT2D eigenvalue weighted by molar-refractivity contribution is 0.0511. The molecule has 0 saturated heterocycles. The zero-order valence-electron chi connectivity index (χ0n) is 8.42. The van der Waals surface area contributed by atoms with Gasteiger partial charge in [-0.3, -0.25) is 0 Å². The molecule has 0 radical (unpaired) electrons. The van der Waals surface area contributed by atoms with Gasteiger partial charge in [0.05, 0.1) is 12.2 Å². The van der Waals surface area contributed by atoms with Gasteiger partial charge in [-0.05, 0) is 12.1 Å². The minimum absolute atomic E-state index is 0.0195. The first kappa shape index (κ1) is 14.5. The molecule has 7 heteroatoms. The number of aliphatic hydroxyl groups excluding tert-OH is 1. The van der Waals surface area contributed by atoms with Crippen molar-refractivity contribution >= 4 is 40.8 Å². The lowest BCUT2D eigenvalue weighted by atomic mass is 10.1. The van der Waals surface area contributed by atoms with E-state index >= 15 is 0 Å². The summed E-state index contributed by atoms with van der Waals surface area (Å²) in [6.07, 6.45) is 0. The molecule has 1 aromatic carbocycles. The molecule has 0 atom stereocenters. The van der Waals surface area contributed by atoms with Crippen LogP contribution in [0.1, 0.15) is 15.9 Å². The van der Waals surface area contributed by atoms with Gasteiger partial charge < -0.3 is 9.84 Å². The van der Waals surface area contributed by atoms with Crippen molar-refractivity contribution < 1.29 is 19.0 Å². The van der Waals surface area contributed by atoms with Gasteiger partial charge in [-0.1, -0.05) is 40.9 Å². The van der Waals surface area contributed by atoms with Gasteiger partial charge in [-0.2, -0.15) is 0 Å². The quantitative estimate of drug-likeness (QED) is 0.690. The second-order valence-corrected chi connectivity index (χ2v) is 5.67. The molecule has 0 bridgehead atoms. The number of hydrogen-bond acceptors (Lipinski definition) is 3. The van der Waals surface area contributed by atoms with Crippen LogP contribution in [-0.2, 0) is 11.3 Å². The standard InChI is InChI=1S/C10H8Cl3FO3/c11-10(12,13)5-17-9(16)6-1-2-7(4-15)8(14)3-6/h1-3,15H,4-5H2. The Labute approximate surface area is 112 Å². The van der Waals surface area contributed by atoms with Crippen molar-refractivity contribution in [3.05, 3.63) is 35.1 Å². The minimum atomic E-state index is -1.71. The van der Waals surface area contributed by atoms with Gasteiger partial charge in [-0.15, -0.1) is 0 Å². The Hall–Kier alpha value is -0.550. The summed E-state index contributed by atoms with van der Waals surface area (Å²) < 4.78 is 16.2. The van der Waals surface area contributed by atoms with Crippen molar-refractivity contribution in [1.29, 1.82) is 0 Å². The summed E-state index contributed by atoms with van der Waals surface area (Å²) >= 11 is 16.2. The minimum Gasteiger partial charge on any atom is -0.458 e. The molecule has 0 aliphatic rings. The topological polar surface area (TPSA) is 46.5 Å². The molecule has 94 valence electrons. The van der Waals surface area contributed by atoms with Crippen LogP contribution >= 0.6 is 34.8 Å². The number of carbonyl (C=O) groups excluding carboxylic acids is 1. The summed E-state index contributed by atoms with van der Waals surface area (Å²) in [5.41, 5.74) is 0.0666. The summed E-state index contributed by atoms with van der Waals surface area (Å²) in [5.74, 6) is -1.50. The number of benzene rings is 1. The first-order valence-corrected chi connectivity index (χ1v) is 5.60. The van der Waals surface area contributed by atoms with Gasteiger partial charge in [0, 0.05) is 5.56 Å². The highest BCUT2D eigenvalue weighted by Gasteiger charge is 2.22. The number of alkyl halides is 3. The monoisotopic (exact) mass is 300 g/mol. The molecule has 0 spiro atoms. The Kier molecular flexibility index (Phi) is 5.01. The zero-order valence-corrected chi connectivity index (χ0v) is 10.7. The third-order valence-corrected chi connectivity index (χ3v) is 2.15. The van der Waals surface area contributed by atoms with Crippen molar-refractivity contribution in [2.24, 2.45) is 0 Å². The first-order valence-electron chi connectivity index (χ1n) is 4.46. The number of ether oxygens (including phenoxy) is 1. The van der Waals surface area contributed by atoms with Gasteiger partial charge in [0.2, 0.25) is 3.79 Å². The Balaban J connectivity index is 2.73. The Bertz CT molecular complexity index is 418. The van der Waals surface area contributed by atoms with Crippen LogP contribution in [-0.4, -0.2) is 21.5 Å². The molecule has 0 aliphatic carbocycles. The highest BCUT2D eigenvalue weighted by Crippen LogP contribution is 2.26. The number of esters is 1. The number of rotatable bonds is 3. The molecule has 0 fully saturated rings. The average Bonchev–Trinajstić information content (AvgIpc) is 2.24. The van der Waals surface area contributed by atoms with Crippen LogP contribution in [0.3, 0.4) is 0 Å². The molecule has 0 heterocycles. The Morgan fingerprint density at radius 3 is 2.53 bits per heavy atom. The van der Waals surface area contributed by atoms with Crippen LogP contribution in [0.2, 0.25) is 0 Å². The third-order valence-electron chi connectivity index (χ3n) is 1.83. The SMILES string of the molecule is O=C(OCC(Cl)(Cl)Cl)c1ccc(CO)c(F)c1. The van der Waals surface area contributed by atoms with Crippen LogP contribution in [0.5, 0.6) is 0 Å². The summed E-state index contributed by atoms with van der Waals surface area (Å²) in [6.45, 7) is -0.880. The van der Waals surface area contributed by atoms with Gasteiger partial charge in [0.1, 0.15) is 12.4 Å². The molecule has 1 rings (SSSR count). The van der Waals surface area contributed by atoms with E-state index in [1.165, 1.54) is 12.1 Å². The highest BCUT2D eigenvalue weighted by molar-refractivity contribution is 6.67. The molecule has 3 nitrogen and oxygen atoms in total. The number of halogens is 4. The maximum atomic E-state index is 13.2. The summed E-state index contributed by atoms with van der Waals surface area (Å²) in [4.78, 5) is 11.4. The van der Waals surface area contributed by atoms with Gasteiger partial charge in [0.25, 0.3) is 0 Å². The summed E-state index contributed by atoms with van der Waals surface area (Å²) in [5, 5.41) is 8.75. The lowest BCUT2D eigenvalue weighted by Crippen LogP contribution is -2.17. The molecule has 0 saturated carbocycles. The molecular formula is C10H8Cl3FO3. The second kappa shape index (κ2) is 5.87. The molecule has 0 unspecified atom stereocenters. The van der Waals surface area contributed by atoms with E-state index in [4.69, 9.17) is 39.9 Å². The molecule has 1 aromatic rings. The van der Waals surface area contributed by atoms with E-state index in [9.17, 15) is 9.18 Å². The molecule has 1 N–H and O–H groups in total. The molecule has 17 heavy (non-hydrogen) atoms. The van der Waals surface area contributed by atoms with Crippen molar-refractivity contribution in [3.63, 3.8) is 0 Å². The van der Waals surface area contributed by atoms with Gasteiger partial charge in [-0.25, -0.2) is 9.18 Å². The van der Waals surface area contributed by atoms with Gasteiger partial charge in [0.15, 0.2) is 0 Å². The average molecular weight is 302 g/mol. The van der Waals surface area contributed by atoms with Crippen LogP contribution < -0.4 is 0 Å². The third kappa shape index (κ3) is 4.68. The highest BCUT2D eigenvalue weighted by atomic mass is 35.6. The van der Waals surface area contributed by atoms with Crippen LogP contribution in [0.15, 0.2) is 18.2 Å². The van der Waals surface area contributed by atoms with E-state index in [1.54, 1.807) is 0 Å². The van der Waals surface area contributed by atoms with Crippen molar-refractivity contribution in [2.75, 3.05) is 6.61 Å². The Morgan fingerprint density at radius 2 is 2.06 bits per heavy atom. The van der Waals surface area contributed by atoms with E-state index in [-0.39, 0.29) is 11.1 Å². The maximum absolute atomic E-state index is 13.2. The van der Waals surface area contributed by atoms with Crippen molar-refractivity contribution in [1.82, 2.24) is 0 Å². The van der Waals surface area contributed by atoms with Crippen LogP contribution in [0.4, 0.5) is 4.39 Å². The van der Waals surface area contributed by atoms with E-state index in [2.05, 4.69) is 4.74 Å².